The van der Waals surface area contributed by atoms with E-state index in [1.807, 2.05) is 4.72 Å². The molecule has 150 valence electrons. The molecule has 0 aromatic carbocycles. The van der Waals surface area contributed by atoms with E-state index in [-0.39, 0.29) is 0 Å². The normalized spacial score (nSPS) is 11.1. The second kappa shape index (κ2) is 15.7. The van der Waals surface area contributed by atoms with Gasteiger partial charge in [-0.05, 0) is 23.3 Å². The summed E-state index contributed by atoms with van der Waals surface area (Å²) in [5.74, 6) is 0.490. The largest absolute Gasteiger partial charge is 0.274 e. The lowest BCUT2D eigenvalue weighted by Gasteiger charge is -2.03. The Morgan fingerprint density at radius 1 is 0.808 bits per heavy atom. The van der Waals surface area contributed by atoms with Crippen molar-refractivity contribution in [2.45, 2.75) is 96.3 Å². The molecule has 1 amide bonds. The molecule has 0 bridgehead atoms. The summed E-state index contributed by atoms with van der Waals surface area (Å²) >= 11 is 0. The van der Waals surface area contributed by atoms with Crippen molar-refractivity contribution in [1.82, 2.24) is 25.3 Å². The first-order valence-electron chi connectivity index (χ1n) is 9.85. The molecule has 1 aromatic heterocycles. The van der Waals surface area contributed by atoms with Crippen LogP contribution in [0.3, 0.4) is 0 Å². The van der Waals surface area contributed by atoms with E-state index in [0.717, 1.165) is 37.9 Å². The van der Waals surface area contributed by atoms with Gasteiger partial charge in [0.2, 0.25) is 16.8 Å². The molecule has 1 rings (SSSR count). The number of aryl methyl sites for hydroxylation is 1. The maximum atomic E-state index is 11.1. The van der Waals surface area contributed by atoms with E-state index in [2.05, 4.69) is 20.6 Å². The van der Waals surface area contributed by atoms with Gasteiger partial charge in [-0.2, -0.15) is 0 Å². The number of hydrogen-bond donors (Lipinski definition) is 3. The van der Waals surface area contributed by atoms with Crippen molar-refractivity contribution >= 4 is 16.8 Å². The number of aromatic nitrogens is 4. The number of thiol groups is 1. The molecule has 0 saturated heterocycles. The van der Waals surface area contributed by atoms with Crippen LogP contribution in [0.2, 0.25) is 0 Å². The molecule has 1 aromatic rings. The predicted molar refractivity (Wildman–Crippen MR) is 101 cm³/mol. The van der Waals surface area contributed by atoms with E-state index in [1.54, 1.807) is 0 Å². The monoisotopic (exact) mass is 387 g/mol. The Bertz CT molecular complexity index is 527. The highest BCUT2D eigenvalue weighted by atomic mass is 32.2. The first-order chi connectivity index (χ1) is 12.7. The molecule has 0 radical (unpaired) electrons. The third-order valence-electron chi connectivity index (χ3n) is 4.42. The molecule has 1 heterocycles. The van der Waals surface area contributed by atoms with E-state index >= 15 is 0 Å². The van der Waals surface area contributed by atoms with Gasteiger partial charge in [0.25, 0.3) is 0 Å². The van der Waals surface area contributed by atoms with Crippen LogP contribution >= 0.6 is 0 Å². The summed E-state index contributed by atoms with van der Waals surface area (Å²) in [4.78, 5) is 11.1. The predicted octanol–water partition coefficient (Wildman–Crippen LogP) is 2.85. The molecule has 0 spiro atoms. The fourth-order valence-corrected chi connectivity index (χ4v) is 3.28. The van der Waals surface area contributed by atoms with Crippen LogP contribution in [0.25, 0.3) is 0 Å². The summed E-state index contributed by atoms with van der Waals surface area (Å²) in [5, 5.41) is 13.8. The molecule has 0 aliphatic heterocycles. The number of amides is 1. The third kappa shape index (κ3) is 13.7. The molecular formula is C17H33N5O3S. The lowest BCUT2D eigenvalue weighted by molar-refractivity contribution is -0.119. The average Bonchev–Trinajstić information content (AvgIpc) is 3.11. The van der Waals surface area contributed by atoms with Gasteiger partial charge in [-0.25, -0.2) is 13.5 Å². The SMILES string of the molecule is O=C(CCCCCCCCCCCCCCCc1nnn[nH]1)N[SH](=O)=O. The Hall–Kier alpha value is -1.51. The Balaban J connectivity index is 1.72. The summed E-state index contributed by atoms with van der Waals surface area (Å²) in [6, 6.07) is 0. The standard InChI is InChI=1S/C17H33N5O3S/c23-17(20-26(24)25)15-13-11-9-7-5-3-1-2-4-6-8-10-12-14-16-18-21-22-19-16/h26H,1-15H2,(H,18,19,21,22)(H,20,23,24,25). The van der Waals surface area contributed by atoms with Crippen molar-refractivity contribution in [2.24, 2.45) is 0 Å². The van der Waals surface area contributed by atoms with Gasteiger partial charge in [-0.15, -0.1) is 5.10 Å². The highest BCUT2D eigenvalue weighted by Crippen LogP contribution is 2.13. The molecule has 0 aliphatic carbocycles. The maximum Gasteiger partial charge on any atom is 0.233 e. The van der Waals surface area contributed by atoms with Gasteiger partial charge < -0.3 is 0 Å². The smallest absolute Gasteiger partial charge is 0.233 e. The number of tetrazole rings is 1. The van der Waals surface area contributed by atoms with Gasteiger partial charge in [0.05, 0.1) is 0 Å². The number of hydrogen-bond acceptors (Lipinski definition) is 6. The third-order valence-corrected chi connectivity index (χ3v) is 4.85. The van der Waals surface area contributed by atoms with Gasteiger partial charge in [0, 0.05) is 12.8 Å². The number of carbonyl (C=O) groups excluding carboxylic acids is 1. The second-order valence-corrected chi connectivity index (χ2v) is 7.47. The quantitative estimate of drug-likeness (QED) is 0.279. The minimum absolute atomic E-state index is 0.304. The second-order valence-electron chi connectivity index (χ2n) is 6.74. The van der Waals surface area contributed by atoms with Gasteiger partial charge in [-0.1, -0.05) is 70.6 Å². The van der Waals surface area contributed by atoms with E-state index in [1.165, 1.54) is 57.8 Å². The first-order valence-corrected chi connectivity index (χ1v) is 11.0. The summed E-state index contributed by atoms with van der Waals surface area (Å²) in [6.45, 7) is 0. The Kier molecular flexibility index (Phi) is 13.6. The van der Waals surface area contributed by atoms with Crippen molar-refractivity contribution < 1.29 is 13.2 Å². The fraction of sp³-hybridized carbons (Fsp3) is 0.882. The van der Waals surface area contributed by atoms with Crippen LogP contribution in [-0.2, 0) is 22.1 Å². The highest BCUT2D eigenvalue weighted by molar-refractivity contribution is 7.71. The summed E-state index contributed by atoms with van der Waals surface area (Å²) in [6.07, 6.45) is 16.8. The molecule has 0 atom stereocenters. The molecule has 0 unspecified atom stereocenters. The zero-order valence-corrected chi connectivity index (χ0v) is 16.5. The summed E-state index contributed by atoms with van der Waals surface area (Å²) < 4.78 is 22.5. The minimum Gasteiger partial charge on any atom is -0.274 e. The summed E-state index contributed by atoms with van der Waals surface area (Å²) in [5.41, 5.74) is 0. The van der Waals surface area contributed by atoms with Crippen molar-refractivity contribution in [1.29, 1.82) is 0 Å². The molecule has 8 nitrogen and oxygen atoms in total. The summed E-state index contributed by atoms with van der Waals surface area (Å²) in [7, 11) is -2.80. The van der Waals surface area contributed by atoms with Crippen molar-refractivity contribution in [3.63, 3.8) is 0 Å². The molecule has 9 heteroatoms. The number of rotatable bonds is 17. The van der Waals surface area contributed by atoms with Crippen LogP contribution in [0.4, 0.5) is 0 Å². The molecule has 2 N–H and O–H groups in total. The Morgan fingerprint density at radius 2 is 1.31 bits per heavy atom. The van der Waals surface area contributed by atoms with Gasteiger partial charge >= 0.3 is 0 Å². The van der Waals surface area contributed by atoms with Crippen molar-refractivity contribution in [3.8, 4) is 0 Å². The van der Waals surface area contributed by atoms with Crippen LogP contribution in [0.1, 0.15) is 95.7 Å². The van der Waals surface area contributed by atoms with E-state index in [0.29, 0.717) is 6.42 Å². The van der Waals surface area contributed by atoms with Crippen molar-refractivity contribution in [3.05, 3.63) is 5.82 Å². The van der Waals surface area contributed by atoms with Gasteiger partial charge in [-0.3, -0.25) is 9.52 Å². The lowest BCUT2D eigenvalue weighted by Crippen LogP contribution is -2.20. The number of nitrogens with one attached hydrogen (secondary N) is 2. The topological polar surface area (TPSA) is 118 Å². The van der Waals surface area contributed by atoms with Gasteiger partial charge in [0.15, 0.2) is 0 Å². The fourth-order valence-electron chi connectivity index (χ4n) is 2.96. The van der Waals surface area contributed by atoms with E-state index < -0.39 is 16.8 Å². The van der Waals surface area contributed by atoms with Crippen LogP contribution < -0.4 is 4.72 Å². The van der Waals surface area contributed by atoms with Crippen LogP contribution in [0.15, 0.2) is 0 Å². The highest BCUT2D eigenvalue weighted by Gasteiger charge is 2.01. The van der Waals surface area contributed by atoms with Gasteiger partial charge in [0.1, 0.15) is 5.82 Å². The number of unbranched alkanes of at least 4 members (excludes halogenated alkanes) is 12. The zero-order chi connectivity index (χ0) is 18.9. The first kappa shape index (κ1) is 22.5. The van der Waals surface area contributed by atoms with E-state index in [4.69, 9.17) is 0 Å². The van der Waals surface area contributed by atoms with Crippen LogP contribution in [0.5, 0.6) is 0 Å². The number of carbonyl (C=O) groups is 1. The number of aromatic amines is 1. The molecule has 26 heavy (non-hydrogen) atoms. The minimum atomic E-state index is -2.80. The Morgan fingerprint density at radius 3 is 1.77 bits per heavy atom. The lowest BCUT2D eigenvalue weighted by atomic mass is 10.0. The van der Waals surface area contributed by atoms with Crippen LogP contribution in [0, 0.1) is 0 Å². The Labute approximate surface area is 158 Å². The van der Waals surface area contributed by atoms with E-state index in [9.17, 15) is 13.2 Å². The van der Waals surface area contributed by atoms with Crippen molar-refractivity contribution in [2.75, 3.05) is 0 Å². The molecular weight excluding hydrogens is 354 g/mol. The number of nitrogens with zero attached hydrogens (tertiary/aromatic N) is 3. The molecule has 0 aliphatic rings. The molecule has 0 saturated carbocycles. The zero-order valence-electron chi connectivity index (χ0n) is 15.6. The molecule has 0 fully saturated rings. The van der Waals surface area contributed by atoms with Crippen LogP contribution in [-0.4, -0.2) is 34.9 Å². The average molecular weight is 388 g/mol. The number of H-pyrrole nitrogens is 1. The maximum absolute atomic E-state index is 11.1.